The molecular weight excluding hydrogens is 263 g/mol. The highest BCUT2D eigenvalue weighted by Crippen LogP contribution is 2.12. The number of rotatable bonds is 3. The van der Waals surface area contributed by atoms with E-state index in [2.05, 4.69) is 0 Å². The first kappa shape index (κ1) is 13.5. The van der Waals surface area contributed by atoms with E-state index < -0.39 is 17.2 Å². The lowest BCUT2D eigenvalue weighted by atomic mass is 10.1. The van der Waals surface area contributed by atoms with Crippen LogP contribution < -0.4 is 5.43 Å². The third-order valence-electron chi connectivity index (χ3n) is 2.75. The maximum absolute atomic E-state index is 13.0. The summed E-state index contributed by atoms with van der Waals surface area (Å²) in [6.07, 6.45) is 2.61. The van der Waals surface area contributed by atoms with E-state index in [1.54, 1.807) is 0 Å². The Bertz CT molecular complexity index is 775. The first-order valence-electron chi connectivity index (χ1n) is 5.63. The van der Waals surface area contributed by atoms with Crippen LogP contribution >= 0.6 is 0 Å². The van der Waals surface area contributed by atoms with Gasteiger partial charge in [0.05, 0.1) is 11.6 Å². The van der Waals surface area contributed by atoms with Gasteiger partial charge in [-0.1, -0.05) is 6.07 Å². The average Bonchev–Trinajstić information content (AvgIpc) is 2.42. The molecule has 0 fully saturated rings. The molecule has 0 aliphatic heterocycles. The largest absolute Gasteiger partial charge is 0.477 e. The van der Waals surface area contributed by atoms with Gasteiger partial charge in [0.15, 0.2) is 5.43 Å². The molecule has 1 aromatic heterocycles. The second-order valence-corrected chi connectivity index (χ2v) is 4.11. The van der Waals surface area contributed by atoms with E-state index in [1.807, 2.05) is 6.07 Å². The second-order valence-electron chi connectivity index (χ2n) is 4.11. The van der Waals surface area contributed by atoms with Crippen LogP contribution in [0.2, 0.25) is 0 Å². The summed E-state index contributed by atoms with van der Waals surface area (Å²) in [5.41, 5.74) is -0.240. The van der Waals surface area contributed by atoms with Gasteiger partial charge in [-0.15, -0.1) is 0 Å². The maximum Gasteiger partial charge on any atom is 0.341 e. The summed E-state index contributed by atoms with van der Waals surface area (Å²) in [6.45, 7) is 0.170. The summed E-state index contributed by atoms with van der Waals surface area (Å²) < 4.78 is 14.5. The predicted molar refractivity (Wildman–Crippen MR) is 67.9 cm³/mol. The van der Waals surface area contributed by atoms with Gasteiger partial charge in [0.2, 0.25) is 0 Å². The molecule has 100 valence electrons. The van der Waals surface area contributed by atoms with Gasteiger partial charge in [0, 0.05) is 25.0 Å². The van der Waals surface area contributed by atoms with Gasteiger partial charge in [-0.05, 0) is 17.7 Å². The molecule has 0 amide bonds. The zero-order chi connectivity index (χ0) is 14.7. The number of halogens is 1. The molecule has 0 atom stereocenters. The van der Waals surface area contributed by atoms with Crippen molar-refractivity contribution in [2.75, 3.05) is 0 Å². The summed E-state index contributed by atoms with van der Waals surface area (Å²) in [6, 6.07) is 6.79. The van der Waals surface area contributed by atoms with Gasteiger partial charge in [-0.25, -0.2) is 9.18 Å². The Morgan fingerprint density at radius 1 is 1.40 bits per heavy atom. The van der Waals surface area contributed by atoms with E-state index in [1.165, 1.54) is 29.1 Å². The Labute approximate surface area is 113 Å². The number of carboxylic acids is 1. The van der Waals surface area contributed by atoms with Crippen LogP contribution in [0.4, 0.5) is 4.39 Å². The van der Waals surface area contributed by atoms with Gasteiger partial charge in [-0.3, -0.25) is 4.79 Å². The van der Waals surface area contributed by atoms with Gasteiger partial charge in [0.25, 0.3) is 0 Å². The van der Waals surface area contributed by atoms with Crippen LogP contribution in [0.15, 0.2) is 41.5 Å². The first-order chi connectivity index (χ1) is 9.51. The minimum Gasteiger partial charge on any atom is -0.477 e. The molecule has 20 heavy (non-hydrogen) atoms. The molecule has 1 aromatic carbocycles. The van der Waals surface area contributed by atoms with Crippen molar-refractivity contribution in [1.82, 2.24) is 4.57 Å². The molecule has 1 N–H and O–H groups in total. The van der Waals surface area contributed by atoms with Crippen LogP contribution in [0, 0.1) is 17.1 Å². The van der Waals surface area contributed by atoms with Crippen molar-refractivity contribution in [3.05, 3.63) is 69.4 Å². The van der Waals surface area contributed by atoms with E-state index in [9.17, 15) is 14.0 Å². The molecule has 0 saturated carbocycles. The van der Waals surface area contributed by atoms with E-state index in [0.29, 0.717) is 5.56 Å². The topological polar surface area (TPSA) is 83.1 Å². The third-order valence-corrected chi connectivity index (χ3v) is 2.75. The van der Waals surface area contributed by atoms with E-state index in [0.717, 1.165) is 12.1 Å². The van der Waals surface area contributed by atoms with Crippen molar-refractivity contribution in [2.24, 2.45) is 0 Å². The first-order valence-corrected chi connectivity index (χ1v) is 5.63. The predicted octanol–water partition coefficient (Wildman–Crippen LogP) is 1.61. The Hall–Kier alpha value is -2.94. The molecule has 0 unspecified atom stereocenters. The van der Waals surface area contributed by atoms with Crippen molar-refractivity contribution >= 4 is 5.97 Å². The van der Waals surface area contributed by atoms with Crippen LogP contribution in [0.5, 0.6) is 0 Å². The van der Waals surface area contributed by atoms with Crippen molar-refractivity contribution in [3.8, 4) is 6.07 Å². The van der Waals surface area contributed by atoms with Gasteiger partial charge in [-0.2, -0.15) is 5.26 Å². The fourth-order valence-electron chi connectivity index (χ4n) is 1.77. The number of aromatic carboxylic acids is 1. The summed E-state index contributed by atoms with van der Waals surface area (Å²) in [7, 11) is 0. The lowest BCUT2D eigenvalue weighted by Crippen LogP contribution is -2.17. The zero-order valence-corrected chi connectivity index (χ0v) is 10.2. The summed E-state index contributed by atoms with van der Waals surface area (Å²) in [5.74, 6) is -1.83. The maximum atomic E-state index is 13.0. The fourth-order valence-corrected chi connectivity index (χ4v) is 1.77. The number of aromatic nitrogens is 1. The molecule has 0 saturated heterocycles. The SMILES string of the molecule is N#Cc1cc(F)ccc1Cn1ccc(=O)c(C(=O)O)c1. The number of pyridine rings is 1. The molecule has 0 bridgehead atoms. The van der Waals surface area contributed by atoms with Gasteiger partial charge >= 0.3 is 5.97 Å². The number of hydrogen-bond donors (Lipinski definition) is 1. The fraction of sp³-hybridized carbons (Fsp3) is 0.0714. The Morgan fingerprint density at radius 2 is 2.15 bits per heavy atom. The Balaban J connectivity index is 2.41. The number of hydrogen-bond acceptors (Lipinski definition) is 3. The Morgan fingerprint density at radius 3 is 2.80 bits per heavy atom. The molecule has 0 aliphatic rings. The van der Waals surface area contributed by atoms with Crippen LogP contribution in [0.1, 0.15) is 21.5 Å². The highest BCUT2D eigenvalue weighted by Gasteiger charge is 2.10. The average molecular weight is 272 g/mol. The Kier molecular flexibility index (Phi) is 3.62. The highest BCUT2D eigenvalue weighted by atomic mass is 19.1. The molecule has 5 nitrogen and oxygen atoms in total. The normalized spacial score (nSPS) is 10.0. The number of carboxylic acid groups (broad SMARTS) is 1. The van der Waals surface area contributed by atoms with Gasteiger partial charge < -0.3 is 9.67 Å². The van der Waals surface area contributed by atoms with E-state index >= 15 is 0 Å². The van der Waals surface area contributed by atoms with Crippen LogP contribution in [0.3, 0.4) is 0 Å². The van der Waals surface area contributed by atoms with Gasteiger partial charge in [0.1, 0.15) is 11.4 Å². The van der Waals surface area contributed by atoms with E-state index in [4.69, 9.17) is 10.4 Å². The van der Waals surface area contributed by atoms with Crippen molar-refractivity contribution in [2.45, 2.75) is 6.54 Å². The minimum absolute atomic E-state index is 0.167. The van der Waals surface area contributed by atoms with Crippen LogP contribution in [-0.4, -0.2) is 15.6 Å². The van der Waals surface area contributed by atoms with Crippen molar-refractivity contribution < 1.29 is 14.3 Å². The van der Waals surface area contributed by atoms with Crippen molar-refractivity contribution in [3.63, 3.8) is 0 Å². The molecule has 0 aliphatic carbocycles. The third kappa shape index (κ3) is 2.72. The summed E-state index contributed by atoms with van der Waals surface area (Å²) in [5, 5.41) is 17.8. The molecule has 2 rings (SSSR count). The number of benzene rings is 1. The molecule has 2 aromatic rings. The molecule has 0 spiro atoms. The quantitative estimate of drug-likeness (QED) is 0.920. The minimum atomic E-state index is -1.32. The molecule has 1 heterocycles. The molecule has 6 heteroatoms. The lowest BCUT2D eigenvalue weighted by Gasteiger charge is -2.08. The second kappa shape index (κ2) is 5.36. The van der Waals surface area contributed by atoms with Crippen LogP contribution in [0.25, 0.3) is 0 Å². The molecular formula is C14H9FN2O3. The summed E-state index contributed by atoms with van der Waals surface area (Å²) in [4.78, 5) is 22.2. The summed E-state index contributed by atoms with van der Waals surface area (Å²) >= 11 is 0. The number of nitrogens with zero attached hydrogens (tertiary/aromatic N) is 2. The monoisotopic (exact) mass is 272 g/mol. The lowest BCUT2D eigenvalue weighted by molar-refractivity contribution is 0.0694. The van der Waals surface area contributed by atoms with Crippen molar-refractivity contribution in [1.29, 1.82) is 5.26 Å². The van der Waals surface area contributed by atoms with Crippen LogP contribution in [-0.2, 0) is 6.54 Å². The number of nitriles is 1. The zero-order valence-electron chi connectivity index (χ0n) is 10.2. The highest BCUT2D eigenvalue weighted by molar-refractivity contribution is 5.86. The number of carbonyl (C=O) groups is 1. The molecule has 0 radical (unpaired) electrons. The van der Waals surface area contributed by atoms with E-state index in [-0.39, 0.29) is 17.7 Å². The smallest absolute Gasteiger partial charge is 0.341 e. The standard InChI is InChI=1S/C14H9FN2O3/c15-11-2-1-9(10(5-11)6-16)7-17-4-3-13(18)12(8-17)14(19)20/h1-5,8H,7H2,(H,19,20).